The highest BCUT2D eigenvalue weighted by atomic mass is 35.5. The molecule has 0 unspecified atom stereocenters. The fourth-order valence-electron chi connectivity index (χ4n) is 2.23. The van der Waals surface area contributed by atoms with Gasteiger partial charge >= 0.3 is 0 Å². The second-order valence-electron chi connectivity index (χ2n) is 4.31. The molecule has 6 heteroatoms. The predicted molar refractivity (Wildman–Crippen MR) is 78.6 cm³/mol. The van der Waals surface area contributed by atoms with Gasteiger partial charge < -0.3 is 0 Å². The van der Waals surface area contributed by atoms with Crippen LogP contribution in [0.3, 0.4) is 0 Å². The third-order valence-electron chi connectivity index (χ3n) is 3.16. The van der Waals surface area contributed by atoms with Crippen LogP contribution in [-0.4, -0.2) is 15.0 Å². The van der Waals surface area contributed by atoms with Crippen LogP contribution in [-0.2, 0) is 22.3 Å². The number of sulfonamides is 1. The van der Waals surface area contributed by atoms with Gasteiger partial charge in [0.2, 0.25) is 0 Å². The Morgan fingerprint density at radius 2 is 2.00 bits per heavy atom. The van der Waals surface area contributed by atoms with Gasteiger partial charge in [0.15, 0.2) is 0 Å². The molecule has 0 fully saturated rings. The SMILES string of the molecule is O=S(=O)(c1ccc(CCl)s1)N1CCc2ccccc21. The Bertz CT molecular complexity index is 709. The number of alkyl halides is 1. The van der Waals surface area contributed by atoms with E-state index < -0.39 is 10.0 Å². The normalized spacial score (nSPS) is 14.7. The Kier molecular flexibility index (Phi) is 3.28. The van der Waals surface area contributed by atoms with E-state index >= 15 is 0 Å². The third kappa shape index (κ3) is 2.16. The maximum atomic E-state index is 12.6. The Hall–Kier alpha value is -1.04. The zero-order valence-corrected chi connectivity index (χ0v) is 12.4. The summed E-state index contributed by atoms with van der Waals surface area (Å²) in [4.78, 5) is 0.868. The third-order valence-corrected chi connectivity index (χ3v) is 6.97. The van der Waals surface area contributed by atoms with Crippen molar-refractivity contribution in [2.24, 2.45) is 0 Å². The van der Waals surface area contributed by atoms with Gasteiger partial charge in [-0.15, -0.1) is 22.9 Å². The van der Waals surface area contributed by atoms with Gasteiger partial charge in [-0.05, 0) is 30.2 Å². The van der Waals surface area contributed by atoms with Gasteiger partial charge in [-0.25, -0.2) is 8.42 Å². The first-order chi connectivity index (χ1) is 9.13. The summed E-state index contributed by atoms with van der Waals surface area (Å²) in [7, 11) is -3.45. The highest BCUT2D eigenvalue weighted by Crippen LogP contribution is 2.34. The van der Waals surface area contributed by atoms with Crippen molar-refractivity contribution in [1.29, 1.82) is 0 Å². The lowest BCUT2D eigenvalue weighted by molar-refractivity contribution is 0.594. The maximum Gasteiger partial charge on any atom is 0.273 e. The number of para-hydroxylation sites is 1. The van der Waals surface area contributed by atoms with E-state index in [1.807, 2.05) is 24.3 Å². The van der Waals surface area contributed by atoms with E-state index in [0.29, 0.717) is 16.6 Å². The lowest BCUT2D eigenvalue weighted by atomic mass is 10.2. The number of hydrogen-bond acceptors (Lipinski definition) is 3. The zero-order valence-electron chi connectivity index (χ0n) is 10.0. The smallest absolute Gasteiger partial charge is 0.265 e. The van der Waals surface area contributed by atoms with Crippen molar-refractivity contribution in [2.75, 3.05) is 10.8 Å². The second kappa shape index (κ2) is 4.81. The molecule has 0 N–H and O–H groups in total. The van der Waals surface area contributed by atoms with Gasteiger partial charge in [0, 0.05) is 11.4 Å². The van der Waals surface area contributed by atoms with Crippen LogP contribution in [0.1, 0.15) is 10.4 Å². The monoisotopic (exact) mass is 313 g/mol. The first-order valence-corrected chi connectivity index (χ1v) is 8.67. The molecule has 3 rings (SSSR count). The summed E-state index contributed by atoms with van der Waals surface area (Å²) in [5.41, 5.74) is 1.88. The highest BCUT2D eigenvalue weighted by Gasteiger charge is 2.31. The fraction of sp³-hybridized carbons (Fsp3) is 0.231. The van der Waals surface area contributed by atoms with Crippen LogP contribution in [0.4, 0.5) is 5.69 Å². The molecule has 1 aliphatic rings. The predicted octanol–water partition coefficient (Wildman–Crippen LogP) is 3.24. The number of rotatable bonds is 3. The van der Waals surface area contributed by atoms with E-state index in [2.05, 4.69) is 0 Å². The van der Waals surface area contributed by atoms with E-state index in [4.69, 9.17) is 11.6 Å². The molecule has 0 saturated carbocycles. The molecule has 0 spiro atoms. The van der Waals surface area contributed by atoms with Gasteiger partial charge in [-0.1, -0.05) is 18.2 Å². The summed E-state index contributed by atoms with van der Waals surface area (Å²) in [6.07, 6.45) is 0.767. The van der Waals surface area contributed by atoms with Gasteiger partial charge in [0.1, 0.15) is 4.21 Å². The summed E-state index contributed by atoms with van der Waals surface area (Å²) in [6.45, 7) is 0.510. The van der Waals surface area contributed by atoms with Gasteiger partial charge in [0.05, 0.1) is 11.6 Å². The van der Waals surface area contributed by atoms with Crippen molar-refractivity contribution in [1.82, 2.24) is 0 Å². The zero-order chi connectivity index (χ0) is 13.5. The van der Waals surface area contributed by atoms with Gasteiger partial charge in [0.25, 0.3) is 10.0 Å². The van der Waals surface area contributed by atoms with Crippen molar-refractivity contribution < 1.29 is 8.42 Å². The Morgan fingerprint density at radius 3 is 2.74 bits per heavy atom. The first kappa shape index (κ1) is 13.0. The quantitative estimate of drug-likeness (QED) is 0.816. The van der Waals surface area contributed by atoms with E-state index in [9.17, 15) is 8.42 Å². The van der Waals surface area contributed by atoms with E-state index in [0.717, 1.165) is 22.5 Å². The summed E-state index contributed by atoms with van der Waals surface area (Å²) in [6, 6.07) is 11.0. The van der Waals surface area contributed by atoms with Crippen molar-refractivity contribution in [3.63, 3.8) is 0 Å². The average Bonchev–Trinajstić information content (AvgIpc) is 3.06. The van der Waals surface area contributed by atoms with Crippen LogP contribution in [0.5, 0.6) is 0 Å². The largest absolute Gasteiger partial charge is 0.273 e. The van der Waals surface area contributed by atoms with Crippen LogP contribution < -0.4 is 4.31 Å². The average molecular weight is 314 g/mol. The molecule has 19 heavy (non-hydrogen) atoms. The summed E-state index contributed by atoms with van der Waals surface area (Å²) < 4.78 is 27.1. The van der Waals surface area contributed by atoms with Crippen LogP contribution in [0, 0.1) is 0 Å². The van der Waals surface area contributed by atoms with Crippen LogP contribution in [0.2, 0.25) is 0 Å². The minimum absolute atomic E-state index is 0.344. The Balaban J connectivity index is 2.03. The van der Waals surface area contributed by atoms with Crippen LogP contribution in [0.25, 0.3) is 0 Å². The molecule has 1 aromatic carbocycles. The minimum atomic E-state index is -3.45. The molecule has 0 amide bonds. The molecule has 0 radical (unpaired) electrons. The lowest BCUT2D eigenvalue weighted by Crippen LogP contribution is -2.28. The molecule has 0 atom stereocenters. The second-order valence-corrected chi connectivity index (χ2v) is 7.84. The number of nitrogens with zero attached hydrogens (tertiary/aromatic N) is 1. The number of benzene rings is 1. The molecule has 1 aliphatic heterocycles. The molecular weight excluding hydrogens is 302 g/mol. The lowest BCUT2D eigenvalue weighted by Gasteiger charge is -2.18. The number of hydrogen-bond donors (Lipinski definition) is 0. The topological polar surface area (TPSA) is 37.4 Å². The Morgan fingerprint density at radius 1 is 1.21 bits per heavy atom. The summed E-state index contributed by atoms with van der Waals surface area (Å²) >= 11 is 6.97. The van der Waals surface area contributed by atoms with Crippen LogP contribution >= 0.6 is 22.9 Å². The molecule has 2 heterocycles. The van der Waals surface area contributed by atoms with E-state index in [1.54, 1.807) is 12.1 Å². The molecular formula is C13H12ClNO2S2. The van der Waals surface area contributed by atoms with Gasteiger partial charge in [-0.3, -0.25) is 4.31 Å². The van der Waals surface area contributed by atoms with Crippen molar-refractivity contribution in [3.05, 3.63) is 46.8 Å². The van der Waals surface area contributed by atoms with Crippen LogP contribution in [0.15, 0.2) is 40.6 Å². The number of thiophene rings is 1. The molecule has 2 aromatic rings. The maximum absolute atomic E-state index is 12.6. The molecule has 0 bridgehead atoms. The van der Waals surface area contributed by atoms with E-state index in [1.165, 1.54) is 15.6 Å². The van der Waals surface area contributed by atoms with Crippen molar-refractivity contribution >= 4 is 38.6 Å². The van der Waals surface area contributed by atoms with Crippen molar-refractivity contribution in [2.45, 2.75) is 16.5 Å². The number of anilines is 1. The summed E-state index contributed by atoms with van der Waals surface area (Å²) in [5.74, 6) is 0.344. The number of fused-ring (bicyclic) bond motifs is 1. The van der Waals surface area contributed by atoms with E-state index in [-0.39, 0.29) is 0 Å². The summed E-state index contributed by atoms with van der Waals surface area (Å²) in [5, 5.41) is 0. The molecule has 100 valence electrons. The molecule has 3 nitrogen and oxygen atoms in total. The van der Waals surface area contributed by atoms with Gasteiger partial charge in [-0.2, -0.15) is 0 Å². The molecule has 0 aliphatic carbocycles. The standard InChI is InChI=1S/C13H12ClNO2S2/c14-9-11-5-6-13(18-11)19(16,17)15-8-7-10-3-1-2-4-12(10)15/h1-6H,7-9H2. The molecule has 0 saturated heterocycles. The minimum Gasteiger partial charge on any atom is -0.265 e. The first-order valence-electron chi connectivity index (χ1n) is 5.88. The number of halogens is 1. The van der Waals surface area contributed by atoms with Crippen molar-refractivity contribution in [3.8, 4) is 0 Å². The Labute approximate surface area is 121 Å². The molecule has 1 aromatic heterocycles. The fourth-order valence-corrected chi connectivity index (χ4v) is 5.31. The highest BCUT2D eigenvalue weighted by molar-refractivity contribution is 7.94.